The maximum atomic E-state index is 6.07. The van der Waals surface area contributed by atoms with E-state index >= 15 is 0 Å². The van der Waals surface area contributed by atoms with Gasteiger partial charge in [-0.25, -0.2) is 0 Å². The zero-order chi connectivity index (χ0) is 14.1. The van der Waals surface area contributed by atoms with E-state index in [9.17, 15) is 0 Å². The van der Waals surface area contributed by atoms with Gasteiger partial charge in [-0.3, -0.25) is 0 Å². The molecule has 116 valence electrons. The molecule has 1 unspecified atom stereocenters. The van der Waals surface area contributed by atoms with Gasteiger partial charge >= 0.3 is 0 Å². The summed E-state index contributed by atoms with van der Waals surface area (Å²) in [6.07, 6.45) is 6.38. The van der Waals surface area contributed by atoms with Crippen molar-refractivity contribution in [1.82, 2.24) is 10.2 Å². The molecule has 1 aromatic heterocycles. The molecular formula is C15H23N3O2S. The Balaban J connectivity index is 1.23. The van der Waals surface area contributed by atoms with Gasteiger partial charge in [-0.05, 0) is 32.1 Å². The van der Waals surface area contributed by atoms with Gasteiger partial charge in [-0.15, -0.1) is 10.2 Å². The molecule has 1 aliphatic carbocycles. The van der Waals surface area contributed by atoms with Crippen LogP contribution in [0.25, 0.3) is 0 Å². The van der Waals surface area contributed by atoms with Gasteiger partial charge < -0.3 is 14.4 Å². The van der Waals surface area contributed by atoms with Gasteiger partial charge in [-0.1, -0.05) is 11.3 Å². The standard InChI is InChI=1S/C15H23N3O2S/c1-2-12(1)14-16-17-15(21-14)18-6-3-13(4-7-18)20-10-11-5-8-19-9-11/h11-13H,1-10H2. The first-order valence-corrected chi connectivity index (χ1v) is 8.98. The molecule has 3 fully saturated rings. The Bertz CT molecular complexity index is 463. The molecule has 3 aliphatic rings. The Morgan fingerprint density at radius 1 is 1.14 bits per heavy atom. The van der Waals surface area contributed by atoms with Crippen LogP contribution in [0.15, 0.2) is 0 Å². The van der Waals surface area contributed by atoms with Crippen LogP contribution in [0.2, 0.25) is 0 Å². The van der Waals surface area contributed by atoms with Crippen molar-refractivity contribution in [2.24, 2.45) is 5.92 Å². The van der Waals surface area contributed by atoms with Crippen LogP contribution >= 0.6 is 11.3 Å². The molecule has 1 atom stereocenters. The second-order valence-corrected chi connectivity index (χ2v) is 7.43. The van der Waals surface area contributed by atoms with Crippen molar-refractivity contribution in [3.05, 3.63) is 5.01 Å². The summed E-state index contributed by atoms with van der Waals surface area (Å²) in [5, 5.41) is 11.1. The van der Waals surface area contributed by atoms with E-state index in [1.54, 1.807) is 11.3 Å². The third kappa shape index (κ3) is 3.38. The van der Waals surface area contributed by atoms with Crippen molar-refractivity contribution in [3.63, 3.8) is 0 Å². The lowest BCUT2D eigenvalue weighted by Crippen LogP contribution is -2.37. The molecule has 1 saturated carbocycles. The number of rotatable bonds is 5. The van der Waals surface area contributed by atoms with E-state index in [2.05, 4.69) is 15.1 Å². The van der Waals surface area contributed by atoms with Gasteiger partial charge in [0, 0.05) is 31.5 Å². The van der Waals surface area contributed by atoms with E-state index in [0.29, 0.717) is 17.9 Å². The van der Waals surface area contributed by atoms with Crippen LogP contribution in [0.3, 0.4) is 0 Å². The van der Waals surface area contributed by atoms with Crippen LogP contribution in [-0.2, 0) is 9.47 Å². The molecule has 0 N–H and O–H groups in total. The van der Waals surface area contributed by atoms with Crippen molar-refractivity contribution in [2.75, 3.05) is 37.8 Å². The minimum atomic E-state index is 0.415. The van der Waals surface area contributed by atoms with Crippen LogP contribution in [0.5, 0.6) is 0 Å². The highest BCUT2D eigenvalue weighted by Crippen LogP contribution is 2.42. The Morgan fingerprint density at radius 3 is 2.71 bits per heavy atom. The van der Waals surface area contributed by atoms with Crippen molar-refractivity contribution < 1.29 is 9.47 Å². The molecular weight excluding hydrogens is 286 g/mol. The van der Waals surface area contributed by atoms with Gasteiger partial charge in [0.25, 0.3) is 0 Å². The number of nitrogens with zero attached hydrogens (tertiary/aromatic N) is 3. The van der Waals surface area contributed by atoms with Crippen LogP contribution in [0.4, 0.5) is 5.13 Å². The van der Waals surface area contributed by atoms with E-state index in [1.165, 1.54) is 17.8 Å². The van der Waals surface area contributed by atoms with Crippen molar-refractivity contribution in [2.45, 2.75) is 44.1 Å². The maximum Gasteiger partial charge on any atom is 0.208 e. The summed E-state index contributed by atoms with van der Waals surface area (Å²) in [5.41, 5.74) is 0. The molecule has 3 heterocycles. The van der Waals surface area contributed by atoms with Gasteiger partial charge in [0.15, 0.2) is 0 Å². The number of piperidine rings is 1. The molecule has 0 amide bonds. The third-order valence-electron chi connectivity index (χ3n) is 4.66. The fourth-order valence-electron chi connectivity index (χ4n) is 3.05. The minimum Gasteiger partial charge on any atom is -0.381 e. The van der Waals surface area contributed by atoms with Gasteiger partial charge in [0.2, 0.25) is 5.13 Å². The summed E-state index contributed by atoms with van der Waals surface area (Å²) in [7, 11) is 0. The van der Waals surface area contributed by atoms with E-state index in [1.807, 2.05) is 0 Å². The molecule has 2 saturated heterocycles. The summed E-state index contributed by atoms with van der Waals surface area (Å²) in [5.74, 6) is 1.33. The van der Waals surface area contributed by atoms with Crippen molar-refractivity contribution >= 4 is 16.5 Å². The molecule has 4 rings (SSSR count). The zero-order valence-electron chi connectivity index (χ0n) is 12.4. The normalized spacial score (nSPS) is 27.4. The first-order valence-electron chi connectivity index (χ1n) is 8.16. The molecule has 2 aliphatic heterocycles. The monoisotopic (exact) mass is 309 g/mol. The fraction of sp³-hybridized carbons (Fsp3) is 0.867. The average Bonchev–Trinajstić information content (AvgIpc) is 3.04. The summed E-state index contributed by atoms with van der Waals surface area (Å²) in [4.78, 5) is 2.38. The highest BCUT2D eigenvalue weighted by Gasteiger charge is 2.29. The van der Waals surface area contributed by atoms with Crippen molar-refractivity contribution in [1.29, 1.82) is 0 Å². The zero-order valence-corrected chi connectivity index (χ0v) is 13.2. The Morgan fingerprint density at radius 2 is 2.00 bits per heavy atom. The SMILES string of the molecule is C1CC(COC2CCN(c3nnc(C4CC4)s3)CC2)CO1. The largest absolute Gasteiger partial charge is 0.381 e. The molecule has 5 nitrogen and oxygen atoms in total. The van der Waals surface area contributed by atoms with Gasteiger partial charge in [0.1, 0.15) is 5.01 Å². The number of anilines is 1. The Labute approximate surface area is 129 Å². The molecule has 0 spiro atoms. The minimum absolute atomic E-state index is 0.415. The van der Waals surface area contributed by atoms with E-state index in [-0.39, 0.29) is 0 Å². The number of hydrogen-bond acceptors (Lipinski definition) is 6. The molecule has 6 heteroatoms. The molecule has 21 heavy (non-hydrogen) atoms. The molecule has 0 aromatic carbocycles. The average molecular weight is 309 g/mol. The first-order chi connectivity index (χ1) is 10.4. The number of ether oxygens (including phenoxy) is 2. The van der Waals surface area contributed by atoms with E-state index in [4.69, 9.17) is 9.47 Å². The quantitative estimate of drug-likeness (QED) is 0.836. The first kappa shape index (κ1) is 13.9. The highest BCUT2D eigenvalue weighted by atomic mass is 32.1. The Kier molecular flexibility index (Phi) is 4.10. The molecule has 0 radical (unpaired) electrons. The summed E-state index contributed by atoms with van der Waals surface area (Å²) >= 11 is 1.79. The second-order valence-electron chi connectivity index (χ2n) is 6.45. The van der Waals surface area contributed by atoms with Crippen LogP contribution in [0, 0.1) is 5.92 Å². The van der Waals surface area contributed by atoms with Gasteiger partial charge in [-0.2, -0.15) is 0 Å². The third-order valence-corrected chi connectivity index (χ3v) is 5.81. The summed E-state index contributed by atoms with van der Waals surface area (Å²) in [6, 6.07) is 0. The fourth-order valence-corrected chi connectivity index (χ4v) is 4.11. The van der Waals surface area contributed by atoms with E-state index < -0.39 is 0 Å². The lowest BCUT2D eigenvalue weighted by Gasteiger charge is -2.31. The number of aromatic nitrogens is 2. The van der Waals surface area contributed by atoms with Crippen LogP contribution in [-0.4, -0.2) is 49.2 Å². The van der Waals surface area contributed by atoms with Crippen LogP contribution < -0.4 is 4.90 Å². The van der Waals surface area contributed by atoms with Crippen molar-refractivity contribution in [3.8, 4) is 0 Å². The molecule has 1 aromatic rings. The second kappa shape index (κ2) is 6.18. The maximum absolute atomic E-state index is 6.07. The van der Waals surface area contributed by atoms with E-state index in [0.717, 1.165) is 57.3 Å². The predicted octanol–water partition coefficient (Wildman–Crippen LogP) is 2.44. The number of hydrogen-bond donors (Lipinski definition) is 0. The summed E-state index contributed by atoms with van der Waals surface area (Å²) < 4.78 is 11.5. The summed E-state index contributed by atoms with van der Waals surface area (Å²) in [6.45, 7) is 4.76. The highest BCUT2D eigenvalue weighted by molar-refractivity contribution is 7.15. The van der Waals surface area contributed by atoms with Gasteiger partial charge in [0.05, 0.1) is 19.3 Å². The Hall–Kier alpha value is -0.720. The molecule has 0 bridgehead atoms. The predicted molar refractivity (Wildman–Crippen MR) is 82.0 cm³/mol. The topological polar surface area (TPSA) is 47.5 Å². The lowest BCUT2D eigenvalue weighted by atomic mass is 10.1. The lowest BCUT2D eigenvalue weighted by molar-refractivity contribution is 0.0131. The smallest absolute Gasteiger partial charge is 0.208 e. The van der Waals surface area contributed by atoms with Crippen LogP contribution in [0.1, 0.15) is 43.0 Å².